The summed E-state index contributed by atoms with van der Waals surface area (Å²) in [5, 5.41) is 3.67. The van der Waals surface area contributed by atoms with Crippen LogP contribution in [0.15, 0.2) is 48.5 Å². The van der Waals surface area contributed by atoms with Gasteiger partial charge in [-0.1, -0.05) is 72.2 Å². The second kappa shape index (κ2) is 7.84. The maximum atomic E-state index is 6.37. The van der Waals surface area contributed by atoms with Crippen molar-refractivity contribution in [1.29, 1.82) is 0 Å². The van der Waals surface area contributed by atoms with E-state index in [0.29, 0.717) is 22.3 Å². The van der Waals surface area contributed by atoms with Gasteiger partial charge in [-0.3, -0.25) is 0 Å². The zero-order valence-electron chi connectivity index (χ0n) is 12.2. The zero-order valence-corrected chi connectivity index (χ0v) is 13.7. The maximum Gasteiger partial charge on any atom is 0.156 e. The highest BCUT2D eigenvalue weighted by Gasteiger charge is 2.12. The first-order valence-electron chi connectivity index (χ1n) is 6.85. The predicted octanol–water partition coefficient (Wildman–Crippen LogP) is 4.21. The van der Waals surface area contributed by atoms with Crippen LogP contribution in [0.4, 0.5) is 0 Å². The van der Waals surface area contributed by atoms with E-state index in [2.05, 4.69) is 11.2 Å². The molecule has 0 spiro atoms. The molecule has 0 bridgehead atoms. The van der Waals surface area contributed by atoms with E-state index in [9.17, 15) is 0 Å². The highest BCUT2D eigenvalue weighted by atomic mass is 35.5. The maximum absolute atomic E-state index is 6.37. The van der Waals surface area contributed by atoms with Gasteiger partial charge in [0.2, 0.25) is 0 Å². The van der Waals surface area contributed by atoms with Crippen LogP contribution in [0.3, 0.4) is 0 Å². The summed E-state index contributed by atoms with van der Waals surface area (Å²) < 4.78 is 5.59. The molecule has 0 aliphatic rings. The lowest BCUT2D eigenvalue weighted by Gasteiger charge is -2.14. The van der Waals surface area contributed by atoms with Gasteiger partial charge in [-0.05, 0) is 18.6 Å². The quantitative estimate of drug-likeness (QED) is 0.656. The summed E-state index contributed by atoms with van der Waals surface area (Å²) in [6.07, 6.45) is 4.98. The Labute approximate surface area is 141 Å². The van der Waals surface area contributed by atoms with E-state index in [1.54, 1.807) is 13.0 Å². The molecule has 2 aromatic carbocycles. The van der Waals surface area contributed by atoms with Gasteiger partial charge < -0.3 is 10.1 Å². The molecular weight excluding hydrogens is 314 g/mol. The van der Waals surface area contributed by atoms with Crippen LogP contribution >= 0.6 is 23.8 Å². The minimum atomic E-state index is -0.349. The van der Waals surface area contributed by atoms with Crippen molar-refractivity contribution in [3.05, 3.63) is 64.7 Å². The second-order valence-electron chi connectivity index (χ2n) is 4.71. The number of hydrogen-bond acceptors (Lipinski definition) is 2. The number of halogens is 1. The van der Waals surface area contributed by atoms with E-state index >= 15 is 0 Å². The minimum Gasteiger partial charge on any atom is -0.476 e. The Morgan fingerprint density at radius 1 is 1.27 bits per heavy atom. The molecule has 0 aliphatic heterocycles. The van der Waals surface area contributed by atoms with Gasteiger partial charge in [0.25, 0.3) is 0 Å². The van der Waals surface area contributed by atoms with Gasteiger partial charge in [-0.2, -0.15) is 0 Å². The van der Waals surface area contributed by atoms with E-state index in [1.165, 1.54) is 0 Å². The number of benzene rings is 2. The smallest absolute Gasteiger partial charge is 0.156 e. The van der Waals surface area contributed by atoms with Crippen LogP contribution in [0.2, 0.25) is 5.02 Å². The molecule has 1 N–H and O–H groups in total. The van der Waals surface area contributed by atoms with Gasteiger partial charge in [0.1, 0.15) is 10.7 Å². The minimum absolute atomic E-state index is 0.349. The van der Waals surface area contributed by atoms with E-state index in [1.807, 2.05) is 42.5 Å². The third-order valence-electron chi connectivity index (χ3n) is 3.04. The highest BCUT2D eigenvalue weighted by Crippen LogP contribution is 2.29. The fourth-order valence-corrected chi connectivity index (χ4v) is 2.44. The molecule has 2 rings (SSSR count). The first-order valence-corrected chi connectivity index (χ1v) is 7.64. The summed E-state index contributed by atoms with van der Waals surface area (Å²) in [4.78, 5) is 0.577. The summed E-state index contributed by atoms with van der Waals surface area (Å²) in [7, 11) is 0. The molecule has 0 saturated carbocycles. The number of terminal acetylenes is 1. The average Bonchev–Trinajstić information content (AvgIpc) is 2.55. The standard InChI is InChI=1S/C18H16ClNOS/c1-3-13(2)21-16-11-7-10-15(17(16)19)18(22)20-12-14-8-5-4-6-9-14/h1,4-11,13H,12H2,2H3,(H,20,22). The summed E-state index contributed by atoms with van der Waals surface area (Å²) >= 11 is 11.8. The monoisotopic (exact) mass is 329 g/mol. The van der Waals surface area contributed by atoms with E-state index in [-0.39, 0.29) is 6.10 Å². The van der Waals surface area contributed by atoms with Crippen LogP contribution in [0.5, 0.6) is 5.75 Å². The van der Waals surface area contributed by atoms with Gasteiger partial charge in [0, 0.05) is 12.1 Å². The zero-order chi connectivity index (χ0) is 15.9. The Morgan fingerprint density at radius 3 is 2.68 bits per heavy atom. The van der Waals surface area contributed by atoms with Crippen molar-refractivity contribution >= 4 is 28.8 Å². The van der Waals surface area contributed by atoms with Gasteiger partial charge in [0.05, 0.1) is 5.02 Å². The first-order chi connectivity index (χ1) is 10.6. The fraction of sp³-hybridized carbons (Fsp3) is 0.167. The van der Waals surface area contributed by atoms with Crippen LogP contribution in [0, 0.1) is 12.3 Å². The summed E-state index contributed by atoms with van der Waals surface area (Å²) in [5.74, 6) is 3.04. The molecular formula is C18H16ClNOS. The van der Waals surface area contributed by atoms with Crippen molar-refractivity contribution in [3.8, 4) is 18.1 Å². The Balaban J connectivity index is 2.10. The molecule has 0 aromatic heterocycles. The summed E-state index contributed by atoms with van der Waals surface area (Å²) in [6.45, 7) is 2.43. The Morgan fingerprint density at radius 2 is 2.00 bits per heavy atom. The largest absolute Gasteiger partial charge is 0.476 e. The highest BCUT2D eigenvalue weighted by molar-refractivity contribution is 7.80. The number of ether oxygens (including phenoxy) is 1. The molecule has 2 aromatic rings. The van der Waals surface area contributed by atoms with Crippen molar-refractivity contribution in [2.24, 2.45) is 0 Å². The SMILES string of the molecule is C#CC(C)Oc1cccc(C(=S)NCc2ccccc2)c1Cl. The average molecular weight is 330 g/mol. The molecule has 22 heavy (non-hydrogen) atoms. The van der Waals surface area contributed by atoms with Crippen molar-refractivity contribution in [1.82, 2.24) is 5.32 Å². The van der Waals surface area contributed by atoms with Crippen LogP contribution in [0.25, 0.3) is 0 Å². The Kier molecular flexibility index (Phi) is 5.83. The molecule has 1 atom stereocenters. The van der Waals surface area contributed by atoms with E-state index < -0.39 is 0 Å². The molecule has 0 radical (unpaired) electrons. The number of thiocarbonyl (C=S) groups is 1. The van der Waals surface area contributed by atoms with Gasteiger partial charge in [-0.15, -0.1) is 6.42 Å². The third kappa shape index (κ3) is 4.24. The van der Waals surface area contributed by atoms with Crippen LogP contribution in [0.1, 0.15) is 18.1 Å². The Bertz CT molecular complexity index is 694. The molecule has 0 saturated heterocycles. The summed E-state index contributed by atoms with van der Waals surface area (Å²) in [5.41, 5.74) is 1.88. The summed E-state index contributed by atoms with van der Waals surface area (Å²) in [6, 6.07) is 15.5. The first kappa shape index (κ1) is 16.4. The normalized spacial score (nSPS) is 11.3. The van der Waals surface area contributed by atoms with Crippen molar-refractivity contribution < 1.29 is 4.74 Å². The molecule has 112 valence electrons. The molecule has 0 heterocycles. The predicted molar refractivity (Wildman–Crippen MR) is 95.4 cm³/mol. The fourth-order valence-electron chi connectivity index (χ4n) is 1.88. The molecule has 1 unspecified atom stereocenters. The van der Waals surface area contributed by atoms with Crippen LogP contribution < -0.4 is 10.1 Å². The third-order valence-corrected chi connectivity index (χ3v) is 3.80. The molecule has 2 nitrogen and oxygen atoms in total. The van der Waals surface area contributed by atoms with Crippen molar-refractivity contribution in [2.75, 3.05) is 0 Å². The van der Waals surface area contributed by atoms with Crippen LogP contribution in [-0.4, -0.2) is 11.1 Å². The number of rotatable bonds is 5. The molecule has 0 amide bonds. The topological polar surface area (TPSA) is 21.3 Å². The number of hydrogen-bond donors (Lipinski definition) is 1. The van der Waals surface area contributed by atoms with Crippen molar-refractivity contribution in [2.45, 2.75) is 19.6 Å². The lowest BCUT2D eigenvalue weighted by molar-refractivity contribution is 0.279. The number of nitrogens with one attached hydrogen (secondary N) is 1. The molecule has 0 aliphatic carbocycles. The van der Waals surface area contributed by atoms with Crippen LogP contribution in [-0.2, 0) is 6.54 Å². The second-order valence-corrected chi connectivity index (χ2v) is 5.50. The lowest BCUT2D eigenvalue weighted by atomic mass is 10.2. The molecule has 0 fully saturated rings. The Hall–Kier alpha value is -2.02. The lowest BCUT2D eigenvalue weighted by Crippen LogP contribution is -2.22. The van der Waals surface area contributed by atoms with Gasteiger partial charge in [0.15, 0.2) is 6.10 Å². The van der Waals surface area contributed by atoms with Gasteiger partial charge in [-0.25, -0.2) is 0 Å². The van der Waals surface area contributed by atoms with Crippen molar-refractivity contribution in [3.63, 3.8) is 0 Å². The van der Waals surface area contributed by atoms with Gasteiger partial charge >= 0.3 is 0 Å². The van der Waals surface area contributed by atoms with E-state index in [0.717, 1.165) is 11.1 Å². The molecule has 4 heteroatoms. The van der Waals surface area contributed by atoms with E-state index in [4.69, 9.17) is 35.0 Å².